The van der Waals surface area contributed by atoms with Crippen molar-refractivity contribution < 1.29 is 34.3 Å². The van der Waals surface area contributed by atoms with Crippen LogP contribution in [0.25, 0.3) is 22.3 Å². The maximum Gasteiger partial charge on any atom is 0.229 e. The van der Waals surface area contributed by atoms with Gasteiger partial charge < -0.3 is 34.3 Å². The van der Waals surface area contributed by atoms with E-state index >= 15 is 0 Å². The molecule has 1 saturated heterocycles. The van der Waals surface area contributed by atoms with E-state index in [4.69, 9.17) is 19.0 Å². The van der Waals surface area contributed by atoms with Crippen LogP contribution in [0.5, 0.6) is 11.5 Å². The summed E-state index contributed by atoms with van der Waals surface area (Å²) in [6.45, 7) is -0.482. The second-order valence-electron chi connectivity index (χ2n) is 6.48. The largest absolute Gasteiger partial charge is 0.504 e. The van der Waals surface area contributed by atoms with E-state index in [-0.39, 0.29) is 22.7 Å². The van der Waals surface area contributed by atoms with Gasteiger partial charge in [0.05, 0.1) is 12.0 Å². The number of aliphatic hydroxyl groups excluding tert-OH is 3. The van der Waals surface area contributed by atoms with Crippen LogP contribution in [-0.2, 0) is 4.74 Å². The summed E-state index contributed by atoms with van der Waals surface area (Å²) in [4.78, 5) is 12.2. The number of ether oxygens (including phenoxy) is 2. The van der Waals surface area contributed by atoms with Gasteiger partial charge >= 0.3 is 0 Å². The first-order valence-electron chi connectivity index (χ1n) is 8.63. The molecule has 2 aromatic carbocycles. The van der Waals surface area contributed by atoms with Crippen LogP contribution in [0.1, 0.15) is 0 Å². The van der Waals surface area contributed by atoms with Crippen LogP contribution in [-0.4, -0.2) is 51.6 Å². The zero-order chi connectivity index (χ0) is 19.8. The van der Waals surface area contributed by atoms with Gasteiger partial charge in [-0.15, -0.1) is 0 Å². The molecule has 0 radical (unpaired) electrons. The van der Waals surface area contributed by atoms with E-state index in [1.165, 1.54) is 18.2 Å². The molecule has 2 heterocycles. The van der Waals surface area contributed by atoms with Crippen molar-refractivity contribution in [2.75, 3.05) is 6.61 Å². The molecule has 0 bridgehead atoms. The zero-order valence-corrected chi connectivity index (χ0v) is 14.6. The van der Waals surface area contributed by atoms with E-state index in [0.29, 0.717) is 16.5 Å². The van der Waals surface area contributed by atoms with Crippen molar-refractivity contribution in [2.45, 2.75) is 24.6 Å². The van der Waals surface area contributed by atoms with Gasteiger partial charge in [-0.3, -0.25) is 4.79 Å². The van der Waals surface area contributed by atoms with E-state index in [1.807, 2.05) is 0 Å². The number of hydrogen-bond donors (Lipinski definition) is 4. The number of para-hydroxylation sites is 1. The summed E-state index contributed by atoms with van der Waals surface area (Å²) in [7, 11) is 0. The summed E-state index contributed by atoms with van der Waals surface area (Å²) in [6.07, 6.45) is -4.91. The van der Waals surface area contributed by atoms with Gasteiger partial charge in [-0.1, -0.05) is 12.1 Å². The average Bonchev–Trinajstić information content (AvgIpc) is 2.97. The monoisotopic (exact) mass is 386 g/mol. The minimum Gasteiger partial charge on any atom is -0.504 e. The molecule has 0 amide bonds. The Balaban J connectivity index is 1.61. The first-order valence-corrected chi connectivity index (χ1v) is 8.63. The highest BCUT2D eigenvalue weighted by Gasteiger charge is 2.44. The maximum atomic E-state index is 12.2. The van der Waals surface area contributed by atoms with Crippen molar-refractivity contribution in [1.82, 2.24) is 0 Å². The molecule has 1 aliphatic heterocycles. The summed E-state index contributed by atoms with van der Waals surface area (Å²) in [5.74, 6) is 0.00578. The SMILES string of the molecule is O=c1cc(-c2ccc(O[C@@H]3O[C@H](CO)[C@@H](O)[C@H]3O)c(O)c2)oc2ccccc12. The van der Waals surface area contributed by atoms with Crippen molar-refractivity contribution in [3.8, 4) is 22.8 Å². The standard InChI is InChI=1S/C20H18O8/c21-9-17-18(24)19(25)20(28-17)27-15-6-5-10(7-13(15)23)16-8-12(22)11-3-1-2-4-14(11)26-16/h1-8,17-21,23-25H,9H2/t17-,18-,19-,20-/m1/s1. The highest BCUT2D eigenvalue weighted by atomic mass is 16.7. The minimum absolute atomic E-state index is 0.00160. The number of fused-ring (bicyclic) bond motifs is 1. The molecule has 8 heteroatoms. The van der Waals surface area contributed by atoms with E-state index in [2.05, 4.69) is 0 Å². The quantitative estimate of drug-likeness (QED) is 0.522. The van der Waals surface area contributed by atoms with Gasteiger partial charge in [0.15, 0.2) is 16.9 Å². The molecule has 3 aromatic rings. The Morgan fingerprint density at radius 1 is 1.04 bits per heavy atom. The Labute approximate surface area is 158 Å². The predicted octanol–water partition coefficient (Wildman–Crippen LogP) is 0.983. The van der Waals surface area contributed by atoms with E-state index < -0.39 is 31.2 Å². The van der Waals surface area contributed by atoms with Gasteiger partial charge in [-0.2, -0.15) is 0 Å². The van der Waals surface area contributed by atoms with Crippen LogP contribution in [0.3, 0.4) is 0 Å². The minimum atomic E-state index is -1.38. The molecule has 1 fully saturated rings. The number of aromatic hydroxyl groups is 1. The van der Waals surface area contributed by atoms with Gasteiger partial charge in [-0.25, -0.2) is 0 Å². The molecule has 0 unspecified atom stereocenters. The normalized spacial score (nSPS) is 24.5. The molecule has 0 aliphatic carbocycles. The Hall–Kier alpha value is -2.91. The number of phenols is 1. The fraction of sp³-hybridized carbons (Fsp3) is 0.250. The molecule has 1 aliphatic rings. The van der Waals surface area contributed by atoms with Gasteiger partial charge in [-0.05, 0) is 30.3 Å². The second kappa shape index (κ2) is 7.25. The van der Waals surface area contributed by atoms with Crippen molar-refractivity contribution in [3.05, 3.63) is 58.8 Å². The number of rotatable bonds is 4. The lowest BCUT2D eigenvalue weighted by Gasteiger charge is -2.17. The summed E-state index contributed by atoms with van der Waals surface area (Å²) in [5, 5.41) is 39.5. The lowest BCUT2D eigenvalue weighted by atomic mass is 10.1. The van der Waals surface area contributed by atoms with Gasteiger partial charge in [0.1, 0.15) is 29.7 Å². The maximum absolute atomic E-state index is 12.2. The van der Waals surface area contributed by atoms with E-state index in [0.717, 1.165) is 0 Å². The molecule has 1 aromatic heterocycles. The Morgan fingerprint density at radius 2 is 1.82 bits per heavy atom. The lowest BCUT2D eigenvalue weighted by molar-refractivity contribution is -0.117. The van der Waals surface area contributed by atoms with Crippen LogP contribution >= 0.6 is 0 Å². The predicted molar refractivity (Wildman–Crippen MR) is 98.0 cm³/mol. The fourth-order valence-electron chi connectivity index (χ4n) is 3.10. The molecule has 146 valence electrons. The molecule has 8 nitrogen and oxygen atoms in total. The molecular formula is C20H18O8. The molecule has 4 rings (SSSR count). The summed E-state index contributed by atoms with van der Waals surface area (Å²) in [5.41, 5.74) is 0.674. The molecular weight excluding hydrogens is 368 g/mol. The third kappa shape index (κ3) is 3.23. The van der Waals surface area contributed by atoms with Crippen molar-refractivity contribution >= 4 is 11.0 Å². The molecule has 0 saturated carbocycles. The topological polar surface area (TPSA) is 130 Å². The highest BCUT2D eigenvalue weighted by Crippen LogP contribution is 2.34. The number of benzene rings is 2. The van der Waals surface area contributed by atoms with E-state index in [9.17, 15) is 20.1 Å². The van der Waals surface area contributed by atoms with Gasteiger partial charge in [0, 0.05) is 11.6 Å². The molecule has 28 heavy (non-hydrogen) atoms. The third-order valence-corrected chi connectivity index (χ3v) is 4.62. The number of hydrogen-bond acceptors (Lipinski definition) is 8. The Morgan fingerprint density at radius 3 is 2.54 bits per heavy atom. The third-order valence-electron chi connectivity index (χ3n) is 4.62. The average molecular weight is 386 g/mol. The summed E-state index contributed by atoms with van der Waals surface area (Å²) < 4.78 is 16.4. The summed E-state index contributed by atoms with van der Waals surface area (Å²) in [6, 6.07) is 12.5. The van der Waals surface area contributed by atoms with Gasteiger partial charge in [0.25, 0.3) is 0 Å². The van der Waals surface area contributed by atoms with Gasteiger partial charge in [0.2, 0.25) is 6.29 Å². The smallest absolute Gasteiger partial charge is 0.229 e. The zero-order valence-electron chi connectivity index (χ0n) is 14.6. The Kier molecular flexibility index (Phi) is 4.78. The Bertz CT molecular complexity index is 1060. The first-order chi connectivity index (χ1) is 13.5. The van der Waals surface area contributed by atoms with Crippen LogP contribution in [0, 0.1) is 0 Å². The van der Waals surface area contributed by atoms with Crippen molar-refractivity contribution in [2.24, 2.45) is 0 Å². The van der Waals surface area contributed by atoms with Crippen molar-refractivity contribution in [3.63, 3.8) is 0 Å². The highest BCUT2D eigenvalue weighted by molar-refractivity contribution is 5.78. The van der Waals surface area contributed by atoms with Crippen molar-refractivity contribution in [1.29, 1.82) is 0 Å². The lowest BCUT2D eigenvalue weighted by Crippen LogP contribution is -2.35. The second-order valence-corrected chi connectivity index (χ2v) is 6.48. The van der Waals surface area contributed by atoms with Crippen LogP contribution in [0.15, 0.2) is 57.7 Å². The molecule has 4 N–H and O–H groups in total. The molecule has 4 atom stereocenters. The summed E-state index contributed by atoms with van der Waals surface area (Å²) >= 11 is 0. The van der Waals surface area contributed by atoms with Crippen LogP contribution in [0.4, 0.5) is 0 Å². The van der Waals surface area contributed by atoms with E-state index in [1.54, 1.807) is 30.3 Å². The number of aliphatic hydroxyl groups is 3. The van der Waals surface area contributed by atoms with Crippen LogP contribution < -0.4 is 10.2 Å². The fourth-order valence-corrected chi connectivity index (χ4v) is 3.10. The molecule has 0 spiro atoms. The van der Waals surface area contributed by atoms with Crippen LogP contribution in [0.2, 0.25) is 0 Å². The first kappa shape index (κ1) is 18.5. The number of phenolic OH excluding ortho intramolecular Hbond substituents is 1.